The van der Waals surface area contributed by atoms with Crippen LogP contribution >= 0.6 is 15.9 Å². The summed E-state index contributed by atoms with van der Waals surface area (Å²) in [6.45, 7) is 2.00. The second-order valence-electron chi connectivity index (χ2n) is 4.76. The summed E-state index contributed by atoms with van der Waals surface area (Å²) < 4.78 is 19.0. The molecule has 0 saturated heterocycles. The van der Waals surface area contributed by atoms with Gasteiger partial charge in [-0.25, -0.2) is 4.39 Å². The number of nitrogens with zero attached hydrogens (tertiary/aromatic N) is 1. The maximum absolute atomic E-state index is 13.2. The van der Waals surface area contributed by atoms with E-state index >= 15 is 0 Å². The lowest BCUT2D eigenvalue weighted by molar-refractivity contribution is 0.439. The zero-order chi connectivity index (χ0) is 15.0. The van der Waals surface area contributed by atoms with E-state index in [0.29, 0.717) is 15.7 Å². The molecule has 0 aliphatic rings. The topological polar surface area (TPSA) is 52.0 Å². The Labute approximate surface area is 129 Å². The van der Waals surface area contributed by atoms with Crippen LogP contribution in [0.4, 0.5) is 10.3 Å². The molecule has 0 amide bonds. The number of hydrogen-bond acceptors (Lipinski definition) is 3. The van der Waals surface area contributed by atoms with E-state index in [-0.39, 0.29) is 11.7 Å². The number of nitrogen functional groups attached to an aromatic ring is 1. The third kappa shape index (κ3) is 2.56. The first-order valence-corrected chi connectivity index (χ1v) is 7.13. The summed E-state index contributed by atoms with van der Waals surface area (Å²) in [6.07, 6.45) is 0. The molecule has 0 bridgehead atoms. The smallest absolute Gasteiger partial charge is 0.230 e. The summed E-state index contributed by atoms with van der Waals surface area (Å²) in [5, 5.41) is 4.03. The van der Waals surface area contributed by atoms with E-state index in [9.17, 15) is 4.39 Å². The first kappa shape index (κ1) is 13.8. The van der Waals surface area contributed by atoms with E-state index in [4.69, 9.17) is 10.3 Å². The number of rotatable bonds is 2. The van der Waals surface area contributed by atoms with Gasteiger partial charge in [0, 0.05) is 10.0 Å². The van der Waals surface area contributed by atoms with Gasteiger partial charge >= 0.3 is 0 Å². The quantitative estimate of drug-likeness (QED) is 0.724. The molecule has 5 heteroatoms. The average molecular weight is 347 g/mol. The van der Waals surface area contributed by atoms with Gasteiger partial charge in [-0.2, -0.15) is 0 Å². The normalized spacial score (nSPS) is 10.8. The highest BCUT2D eigenvalue weighted by Gasteiger charge is 2.19. The molecule has 0 fully saturated rings. The lowest BCUT2D eigenvalue weighted by atomic mass is 9.99. The summed E-state index contributed by atoms with van der Waals surface area (Å²) in [7, 11) is 0. The van der Waals surface area contributed by atoms with Crippen LogP contribution in [0.25, 0.3) is 22.4 Å². The number of benzene rings is 2. The van der Waals surface area contributed by atoms with Crippen LogP contribution in [-0.2, 0) is 0 Å². The SMILES string of the molecule is Cc1cccc(-c2c(-c3ccc(F)cc3Br)noc2N)c1. The molecule has 0 unspecified atom stereocenters. The van der Waals surface area contributed by atoms with Crippen LogP contribution in [0.2, 0.25) is 0 Å². The third-order valence-electron chi connectivity index (χ3n) is 3.21. The highest BCUT2D eigenvalue weighted by atomic mass is 79.9. The van der Waals surface area contributed by atoms with E-state index in [2.05, 4.69) is 21.1 Å². The highest BCUT2D eigenvalue weighted by Crippen LogP contribution is 2.39. The van der Waals surface area contributed by atoms with Gasteiger partial charge in [0.25, 0.3) is 0 Å². The maximum Gasteiger partial charge on any atom is 0.230 e. The van der Waals surface area contributed by atoms with Crippen molar-refractivity contribution in [3.63, 3.8) is 0 Å². The molecule has 1 aromatic heterocycles. The number of anilines is 1. The molecule has 3 nitrogen and oxygen atoms in total. The largest absolute Gasteiger partial charge is 0.367 e. The highest BCUT2D eigenvalue weighted by molar-refractivity contribution is 9.10. The molecule has 2 N–H and O–H groups in total. The minimum atomic E-state index is -0.320. The van der Waals surface area contributed by atoms with Crippen molar-refractivity contribution >= 4 is 21.8 Å². The Kier molecular flexibility index (Phi) is 3.51. The van der Waals surface area contributed by atoms with Crippen molar-refractivity contribution in [2.45, 2.75) is 6.92 Å². The molecule has 2 aromatic carbocycles. The van der Waals surface area contributed by atoms with Gasteiger partial charge in [0.1, 0.15) is 11.5 Å². The lowest BCUT2D eigenvalue weighted by Gasteiger charge is -2.06. The molecule has 1 heterocycles. The van der Waals surface area contributed by atoms with Crippen LogP contribution in [-0.4, -0.2) is 5.16 Å². The van der Waals surface area contributed by atoms with Gasteiger partial charge in [-0.1, -0.05) is 35.0 Å². The zero-order valence-corrected chi connectivity index (χ0v) is 12.8. The van der Waals surface area contributed by atoms with Gasteiger partial charge < -0.3 is 10.3 Å². The molecule has 0 aliphatic carbocycles. The summed E-state index contributed by atoms with van der Waals surface area (Å²) in [5.41, 5.74) is 9.98. The van der Waals surface area contributed by atoms with Crippen LogP contribution in [0.15, 0.2) is 51.5 Å². The van der Waals surface area contributed by atoms with Crippen molar-refractivity contribution in [2.75, 3.05) is 5.73 Å². The van der Waals surface area contributed by atoms with E-state index in [1.54, 1.807) is 6.07 Å². The molecule has 0 radical (unpaired) electrons. The van der Waals surface area contributed by atoms with Gasteiger partial charge in [0.15, 0.2) is 0 Å². The van der Waals surface area contributed by atoms with E-state index in [0.717, 1.165) is 16.7 Å². The van der Waals surface area contributed by atoms with Crippen molar-refractivity contribution in [3.8, 4) is 22.4 Å². The number of aryl methyl sites for hydroxylation is 1. The van der Waals surface area contributed by atoms with Crippen molar-refractivity contribution in [1.29, 1.82) is 0 Å². The minimum Gasteiger partial charge on any atom is -0.367 e. The predicted octanol–water partition coefficient (Wildman–Crippen LogP) is 4.80. The number of halogens is 2. The fraction of sp³-hybridized carbons (Fsp3) is 0.0625. The third-order valence-corrected chi connectivity index (χ3v) is 3.87. The monoisotopic (exact) mass is 346 g/mol. The van der Waals surface area contributed by atoms with Crippen LogP contribution < -0.4 is 5.73 Å². The van der Waals surface area contributed by atoms with Crippen molar-refractivity contribution in [1.82, 2.24) is 5.16 Å². The second kappa shape index (κ2) is 5.33. The maximum atomic E-state index is 13.2. The number of nitrogens with two attached hydrogens (primary N) is 1. The standard InChI is InChI=1S/C16H12BrFN2O/c1-9-3-2-4-10(7-9)14-15(20-21-16(14)19)12-6-5-11(18)8-13(12)17/h2-8H,19H2,1H3. The Bertz CT molecular complexity index is 814. The van der Waals surface area contributed by atoms with E-state index in [1.165, 1.54) is 12.1 Å². The van der Waals surface area contributed by atoms with E-state index in [1.807, 2.05) is 31.2 Å². The van der Waals surface area contributed by atoms with Crippen LogP contribution in [0, 0.1) is 12.7 Å². The Morgan fingerprint density at radius 2 is 2.00 bits per heavy atom. The van der Waals surface area contributed by atoms with Gasteiger partial charge in [0.05, 0.1) is 5.56 Å². The van der Waals surface area contributed by atoms with Gasteiger partial charge in [-0.15, -0.1) is 0 Å². The Balaban J connectivity index is 2.22. The first-order chi connectivity index (χ1) is 10.1. The molecular formula is C16H12BrFN2O. The first-order valence-electron chi connectivity index (χ1n) is 6.34. The number of hydrogen-bond donors (Lipinski definition) is 1. The molecule has 3 rings (SSSR count). The zero-order valence-electron chi connectivity index (χ0n) is 11.2. The minimum absolute atomic E-state index is 0.242. The predicted molar refractivity (Wildman–Crippen MR) is 84.2 cm³/mol. The summed E-state index contributed by atoms with van der Waals surface area (Å²) in [5.74, 6) is -0.0778. The Morgan fingerprint density at radius 3 is 2.71 bits per heavy atom. The van der Waals surface area contributed by atoms with Crippen LogP contribution in [0.5, 0.6) is 0 Å². The molecule has 21 heavy (non-hydrogen) atoms. The van der Waals surface area contributed by atoms with Crippen molar-refractivity contribution in [3.05, 3.63) is 58.3 Å². The Hall–Kier alpha value is -2.14. The molecule has 106 valence electrons. The van der Waals surface area contributed by atoms with Crippen molar-refractivity contribution < 1.29 is 8.91 Å². The fourth-order valence-corrected chi connectivity index (χ4v) is 2.79. The summed E-state index contributed by atoms with van der Waals surface area (Å²) >= 11 is 3.35. The molecule has 3 aromatic rings. The van der Waals surface area contributed by atoms with Gasteiger partial charge in [-0.05, 0) is 46.6 Å². The summed E-state index contributed by atoms with van der Waals surface area (Å²) in [6, 6.07) is 12.3. The van der Waals surface area contributed by atoms with Crippen LogP contribution in [0.3, 0.4) is 0 Å². The fourth-order valence-electron chi connectivity index (χ4n) is 2.25. The van der Waals surface area contributed by atoms with Gasteiger partial charge in [-0.3, -0.25) is 0 Å². The van der Waals surface area contributed by atoms with E-state index < -0.39 is 0 Å². The molecule has 0 saturated carbocycles. The van der Waals surface area contributed by atoms with Crippen molar-refractivity contribution in [2.24, 2.45) is 0 Å². The lowest BCUT2D eigenvalue weighted by Crippen LogP contribution is -1.89. The Morgan fingerprint density at radius 1 is 1.19 bits per heavy atom. The molecular weight excluding hydrogens is 335 g/mol. The van der Waals surface area contributed by atoms with Crippen LogP contribution in [0.1, 0.15) is 5.56 Å². The molecule has 0 atom stereocenters. The molecule has 0 spiro atoms. The van der Waals surface area contributed by atoms with Gasteiger partial charge in [0.2, 0.25) is 5.88 Å². The second-order valence-corrected chi connectivity index (χ2v) is 5.62. The average Bonchev–Trinajstić information content (AvgIpc) is 2.80. The molecule has 0 aliphatic heterocycles. The summed E-state index contributed by atoms with van der Waals surface area (Å²) in [4.78, 5) is 0. The number of aromatic nitrogens is 1.